The summed E-state index contributed by atoms with van der Waals surface area (Å²) in [5.41, 5.74) is 2.30. The van der Waals surface area contributed by atoms with Gasteiger partial charge in [0.2, 0.25) is 5.91 Å². The van der Waals surface area contributed by atoms with Crippen molar-refractivity contribution in [3.05, 3.63) is 41.6 Å². The van der Waals surface area contributed by atoms with Crippen LogP contribution in [0.5, 0.6) is 0 Å². The van der Waals surface area contributed by atoms with E-state index < -0.39 is 0 Å². The Morgan fingerprint density at radius 2 is 1.96 bits per heavy atom. The van der Waals surface area contributed by atoms with Crippen LogP contribution in [0.4, 0.5) is 11.5 Å². The molecule has 1 aromatic heterocycles. The summed E-state index contributed by atoms with van der Waals surface area (Å²) in [7, 11) is 0. The summed E-state index contributed by atoms with van der Waals surface area (Å²) in [6, 6.07) is 7.26. The van der Waals surface area contributed by atoms with E-state index in [2.05, 4.69) is 10.4 Å². The van der Waals surface area contributed by atoms with Gasteiger partial charge in [0.05, 0.1) is 11.7 Å². The average Bonchev–Trinajstić information content (AvgIpc) is 3.11. The van der Waals surface area contributed by atoms with Crippen molar-refractivity contribution in [1.29, 1.82) is 0 Å². The molecule has 1 aliphatic heterocycles. The molecule has 0 saturated carbocycles. The normalized spacial score (nSPS) is 13.8. The first-order chi connectivity index (χ1) is 11.3. The quantitative estimate of drug-likeness (QED) is 0.923. The van der Waals surface area contributed by atoms with E-state index in [0.717, 1.165) is 17.7 Å². The van der Waals surface area contributed by atoms with Crippen molar-refractivity contribution in [2.45, 2.75) is 39.7 Å². The lowest BCUT2D eigenvalue weighted by molar-refractivity contribution is -0.116. The van der Waals surface area contributed by atoms with Crippen molar-refractivity contribution >= 4 is 23.3 Å². The van der Waals surface area contributed by atoms with Crippen LogP contribution in [0.2, 0.25) is 0 Å². The van der Waals surface area contributed by atoms with Gasteiger partial charge in [-0.25, -0.2) is 4.68 Å². The maximum absolute atomic E-state index is 12.6. The number of amides is 2. The summed E-state index contributed by atoms with van der Waals surface area (Å²) >= 11 is 0. The highest BCUT2D eigenvalue weighted by Crippen LogP contribution is 2.29. The molecule has 6 heteroatoms. The fourth-order valence-electron chi connectivity index (χ4n) is 2.99. The van der Waals surface area contributed by atoms with Gasteiger partial charge in [-0.05, 0) is 51.0 Å². The fraction of sp³-hybridized carbons (Fsp3) is 0.389. The zero-order valence-corrected chi connectivity index (χ0v) is 14.5. The lowest BCUT2D eigenvalue weighted by Gasteiger charge is -2.22. The molecule has 2 heterocycles. The number of hydrogen-bond donors (Lipinski definition) is 1. The molecule has 1 N–H and O–H groups in total. The minimum Gasteiger partial charge on any atom is -0.312 e. The van der Waals surface area contributed by atoms with Crippen molar-refractivity contribution in [3.8, 4) is 0 Å². The highest BCUT2D eigenvalue weighted by molar-refractivity contribution is 6.05. The first kappa shape index (κ1) is 16.2. The number of carbonyl (C=O) groups excluding carboxylic acids is 2. The van der Waals surface area contributed by atoms with E-state index in [4.69, 9.17) is 0 Å². The number of rotatable bonds is 2. The molecule has 1 aromatic carbocycles. The van der Waals surface area contributed by atoms with E-state index in [1.54, 1.807) is 34.8 Å². The third-order valence-electron chi connectivity index (χ3n) is 4.14. The van der Waals surface area contributed by atoms with Crippen LogP contribution in [0.1, 0.15) is 43.6 Å². The zero-order valence-electron chi connectivity index (χ0n) is 14.5. The number of carbonyl (C=O) groups is 2. The van der Waals surface area contributed by atoms with Gasteiger partial charge in [-0.3, -0.25) is 9.59 Å². The van der Waals surface area contributed by atoms with Crippen molar-refractivity contribution < 1.29 is 9.59 Å². The molecule has 0 saturated heterocycles. The minimum atomic E-state index is -0.216. The molecule has 0 spiro atoms. The number of anilines is 2. The number of benzene rings is 1. The van der Waals surface area contributed by atoms with Gasteiger partial charge < -0.3 is 10.2 Å². The largest absolute Gasteiger partial charge is 0.312 e. The molecule has 0 atom stereocenters. The Labute approximate surface area is 141 Å². The molecule has 2 aromatic rings. The summed E-state index contributed by atoms with van der Waals surface area (Å²) in [5, 5.41) is 7.20. The van der Waals surface area contributed by atoms with Crippen molar-refractivity contribution in [3.63, 3.8) is 0 Å². The Balaban J connectivity index is 1.83. The van der Waals surface area contributed by atoms with E-state index >= 15 is 0 Å². The summed E-state index contributed by atoms with van der Waals surface area (Å²) in [6.07, 6.45) is 2.45. The van der Waals surface area contributed by atoms with E-state index in [9.17, 15) is 9.59 Å². The Morgan fingerprint density at radius 1 is 1.21 bits per heavy atom. The van der Waals surface area contributed by atoms with Crippen molar-refractivity contribution in [2.24, 2.45) is 0 Å². The maximum atomic E-state index is 12.6. The lowest BCUT2D eigenvalue weighted by Crippen LogP contribution is -2.26. The molecule has 0 radical (unpaired) electrons. The molecule has 1 aliphatic rings. The maximum Gasteiger partial charge on any atom is 0.256 e. The minimum absolute atomic E-state index is 0.0278. The predicted molar refractivity (Wildman–Crippen MR) is 93.3 cm³/mol. The van der Waals surface area contributed by atoms with E-state index in [0.29, 0.717) is 17.9 Å². The molecule has 0 fully saturated rings. The average molecular weight is 326 g/mol. The SMILES string of the molecule is CC(=O)N1CCc2cc(C(=O)Nc3ccnn3C(C)(C)C)ccc21. The van der Waals surface area contributed by atoms with Gasteiger partial charge in [-0.2, -0.15) is 5.10 Å². The van der Waals surface area contributed by atoms with Crippen LogP contribution >= 0.6 is 0 Å². The van der Waals surface area contributed by atoms with Crippen LogP contribution in [-0.2, 0) is 16.8 Å². The molecule has 3 rings (SSSR count). The number of aromatic nitrogens is 2. The van der Waals surface area contributed by atoms with Crippen LogP contribution in [0.25, 0.3) is 0 Å². The summed E-state index contributed by atoms with van der Waals surface area (Å²) in [5.74, 6) is 0.517. The van der Waals surface area contributed by atoms with Crippen LogP contribution < -0.4 is 10.2 Å². The van der Waals surface area contributed by atoms with Gasteiger partial charge in [0, 0.05) is 30.8 Å². The van der Waals surface area contributed by atoms with Crippen LogP contribution in [0, 0.1) is 0 Å². The molecule has 24 heavy (non-hydrogen) atoms. The Hall–Kier alpha value is -2.63. The van der Waals surface area contributed by atoms with E-state index in [1.165, 1.54) is 0 Å². The molecule has 126 valence electrons. The second-order valence-electron chi connectivity index (χ2n) is 7.02. The predicted octanol–water partition coefficient (Wildman–Crippen LogP) is 2.80. The van der Waals surface area contributed by atoms with Crippen LogP contribution in [-0.4, -0.2) is 28.1 Å². The van der Waals surface area contributed by atoms with Gasteiger partial charge >= 0.3 is 0 Å². The highest BCUT2D eigenvalue weighted by atomic mass is 16.2. The lowest BCUT2D eigenvalue weighted by atomic mass is 10.1. The molecular weight excluding hydrogens is 304 g/mol. The van der Waals surface area contributed by atoms with Crippen molar-refractivity contribution in [2.75, 3.05) is 16.8 Å². The Kier molecular flexibility index (Phi) is 3.91. The third-order valence-corrected chi connectivity index (χ3v) is 4.14. The van der Waals surface area contributed by atoms with Crippen LogP contribution in [0.15, 0.2) is 30.5 Å². The van der Waals surface area contributed by atoms with Crippen LogP contribution in [0.3, 0.4) is 0 Å². The van der Waals surface area contributed by atoms with E-state index in [1.807, 2.05) is 32.9 Å². The Morgan fingerprint density at radius 3 is 2.62 bits per heavy atom. The molecular formula is C18H22N4O2. The smallest absolute Gasteiger partial charge is 0.256 e. The van der Waals surface area contributed by atoms with Crippen molar-refractivity contribution in [1.82, 2.24) is 9.78 Å². The second kappa shape index (κ2) is 5.78. The van der Waals surface area contributed by atoms with Gasteiger partial charge in [-0.1, -0.05) is 0 Å². The van der Waals surface area contributed by atoms with Gasteiger partial charge in [0.1, 0.15) is 5.82 Å². The highest BCUT2D eigenvalue weighted by Gasteiger charge is 2.24. The summed E-state index contributed by atoms with van der Waals surface area (Å²) < 4.78 is 1.79. The summed E-state index contributed by atoms with van der Waals surface area (Å²) in [6.45, 7) is 8.32. The zero-order chi connectivity index (χ0) is 17.5. The van der Waals surface area contributed by atoms with Gasteiger partial charge in [-0.15, -0.1) is 0 Å². The topological polar surface area (TPSA) is 67.2 Å². The standard InChI is InChI=1S/C18H22N4O2/c1-12(23)21-10-8-13-11-14(5-6-15(13)21)17(24)20-16-7-9-19-22(16)18(2,3)4/h5-7,9,11H,8,10H2,1-4H3,(H,20,24). The number of nitrogens with one attached hydrogen (secondary N) is 1. The fourth-order valence-corrected chi connectivity index (χ4v) is 2.99. The first-order valence-electron chi connectivity index (χ1n) is 8.04. The molecule has 2 amide bonds. The third kappa shape index (κ3) is 2.91. The van der Waals surface area contributed by atoms with E-state index in [-0.39, 0.29) is 17.4 Å². The number of nitrogens with zero attached hydrogens (tertiary/aromatic N) is 3. The second-order valence-corrected chi connectivity index (χ2v) is 7.02. The molecule has 0 aliphatic carbocycles. The monoisotopic (exact) mass is 326 g/mol. The first-order valence-corrected chi connectivity index (χ1v) is 8.04. The van der Waals surface area contributed by atoms with Gasteiger partial charge in [0.25, 0.3) is 5.91 Å². The van der Waals surface area contributed by atoms with Gasteiger partial charge in [0.15, 0.2) is 0 Å². The number of hydrogen-bond acceptors (Lipinski definition) is 3. The number of fused-ring (bicyclic) bond motifs is 1. The Bertz CT molecular complexity index is 802. The summed E-state index contributed by atoms with van der Waals surface area (Å²) in [4.78, 5) is 25.9. The molecule has 0 unspecified atom stereocenters. The molecule has 0 bridgehead atoms. The molecule has 6 nitrogen and oxygen atoms in total.